The van der Waals surface area contributed by atoms with Crippen molar-refractivity contribution in [1.82, 2.24) is 14.5 Å². The molecule has 1 amide bonds. The molecule has 2 aromatic heterocycles. The van der Waals surface area contributed by atoms with E-state index in [0.717, 1.165) is 5.56 Å². The van der Waals surface area contributed by atoms with E-state index < -0.39 is 15.9 Å². The summed E-state index contributed by atoms with van der Waals surface area (Å²) < 4.78 is 32.7. The number of thiophene rings is 1. The Kier molecular flexibility index (Phi) is 6.75. The highest BCUT2D eigenvalue weighted by atomic mass is 32.2. The fraction of sp³-hybridized carbons (Fsp3) is 0.350. The van der Waals surface area contributed by atoms with Crippen LogP contribution in [0.25, 0.3) is 0 Å². The van der Waals surface area contributed by atoms with Crippen molar-refractivity contribution < 1.29 is 17.6 Å². The van der Waals surface area contributed by atoms with Crippen LogP contribution in [0.3, 0.4) is 0 Å². The number of sulfonamides is 1. The van der Waals surface area contributed by atoms with E-state index in [4.69, 9.17) is 4.42 Å². The maximum absolute atomic E-state index is 12.8. The average Bonchev–Trinajstić information content (AvgIpc) is 3.47. The molecule has 0 saturated carbocycles. The minimum atomic E-state index is -3.57. The number of benzene rings is 1. The van der Waals surface area contributed by atoms with Crippen LogP contribution in [0.5, 0.6) is 0 Å². The standard InChI is InChI=1S/C20H22N4O4S3/c1-29-16-8-6-14(7-9-16)12-17-22-23-20(28-17)21-19(25)15-4-2-10-24(13-15)31(26,27)18-5-3-11-30-18/h3,5-9,11,15H,2,4,10,12-13H2,1H3,(H,21,23,25). The van der Waals surface area contributed by atoms with Gasteiger partial charge in [-0.25, -0.2) is 8.42 Å². The van der Waals surface area contributed by atoms with E-state index in [1.807, 2.05) is 30.5 Å². The number of hydrogen-bond acceptors (Lipinski definition) is 8. The van der Waals surface area contributed by atoms with E-state index in [2.05, 4.69) is 15.5 Å². The molecule has 3 aromatic rings. The molecule has 1 fully saturated rings. The summed E-state index contributed by atoms with van der Waals surface area (Å²) in [6.07, 6.45) is 3.70. The van der Waals surface area contributed by atoms with E-state index >= 15 is 0 Å². The van der Waals surface area contributed by atoms with Gasteiger partial charge in [-0.1, -0.05) is 23.3 Å². The molecular weight excluding hydrogens is 456 g/mol. The number of carbonyl (C=O) groups is 1. The molecule has 1 aromatic carbocycles. The summed E-state index contributed by atoms with van der Waals surface area (Å²) in [4.78, 5) is 13.9. The topological polar surface area (TPSA) is 105 Å². The molecule has 1 aliphatic heterocycles. The monoisotopic (exact) mass is 478 g/mol. The molecule has 8 nitrogen and oxygen atoms in total. The van der Waals surface area contributed by atoms with Gasteiger partial charge in [0.15, 0.2) is 0 Å². The number of aromatic nitrogens is 2. The Morgan fingerprint density at radius 3 is 2.81 bits per heavy atom. The molecule has 31 heavy (non-hydrogen) atoms. The van der Waals surface area contributed by atoms with Gasteiger partial charge in [0.05, 0.1) is 12.3 Å². The van der Waals surface area contributed by atoms with Crippen LogP contribution in [0.4, 0.5) is 6.01 Å². The molecule has 0 spiro atoms. The Morgan fingerprint density at radius 2 is 2.10 bits per heavy atom. The first kappa shape index (κ1) is 22.0. The number of carbonyl (C=O) groups excluding carboxylic acids is 1. The Balaban J connectivity index is 1.37. The van der Waals surface area contributed by atoms with Crippen LogP contribution in [0.1, 0.15) is 24.3 Å². The molecule has 1 saturated heterocycles. The zero-order valence-corrected chi connectivity index (χ0v) is 19.3. The van der Waals surface area contributed by atoms with Gasteiger partial charge in [0.25, 0.3) is 10.0 Å². The van der Waals surface area contributed by atoms with Crippen molar-refractivity contribution in [2.24, 2.45) is 5.92 Å². The van der Waals surface area contributed by atoms with Crippen LogP contribution in [0.15, 0.2) is 55.3 Å². The maximum atomic E-state index is 12.8. The second kappa shape index (κ2) is 9.51. The molecule has 0 bridgehead atoms. The Bertz CT molecular complexity index is 1130. The lowest BCUT2D eigenvalue weighted by molar-refractivity contribution is -0.121. The normalized spacial score (nSPS) is 17.5. The third-order valence-corrected chi connectivity index (χ3v) is 9.04. The third kappa shape index (κ3) is 5.17. The highest BCUT2D eigenvalue weighted by Crippen LogP contribution is 2.27. The third-order valence-electron chi connectivity index (χ3n) is 5.06. The lowest BCUT2D eigenvalue weighted by Crippen LogP contribution is -2.43. The molecule has 3 heterocycles. The predicted molar refractivity (Wildman–Crippen MR) is 120 cm³/mol. The number of piperidine rings is 1. The molecule has 0 aliphatic carbocycles. The average molecular weight is 479 g/mol. The van der Waals surface area contributed by atoms with E-state index in [1.165, 1.54) is 20.5 Å². The fourth-order valence-electron chi connectivity index (χ4n) is 3.41. The highest BCUT2D eigenvalue weighted by molar-refractivity contribution is 7.98. The molecule has 4 rings (SSSR count). The summed E-state index contributed by atoms with van der Waals surface area (Å²) in [6.45, 7) is 0.541. The SMILES string of the molecule is CSc1ccc(Cc2nnc(NC(=O)C3CCCN(S(=O)(=O)c4cccs4)C3)o2)cc1. The summed E-state index contributed by atoms with van der Waals surface area (Å²) >= 11 is 2.85. The van der Waals surface area contributed by atoms with Gasteiger partial charge in [-0.05, 0) is 48.2 Å². The number of nitrogens with zero attached hydrogens (tertiary/aromatic N) is 3. The van der Waals surface area contributed by atoms with Crippen LogP contribution in [-0.4, -0.2) is 48.2 Å². The van der Waals surface area contributed by atoms with Crippen molar-refractivity contribution in [3.63, 3.8) is 0 Å². The van der Waals surface area contributed by atoms with Gasteiger partial charge < -0.3 is 4.42 Å². The van der Waals surface area contributed by atoms with Crippen molar-refractivity contribution in [2.45, 2.75) is 28.4 Å². The van der Waals surface area contributed by atoms with Crippen LogP contribution >= 0.6 is 23.1 Å². The van der Waals surface area contributed by atoms with Gasteiger partial charge in [0.1, 0.15) is 4.21 Å². The number of nitrogens with one attached hydrogen (secondary N) is 1. The first-order valence-corrected chi connectivity index (χ1v) is 13.3. The molecule has 1 N–H and O–H groups in total. The number of rotatable bonds is 7. The zero-order chi connectivity index (χ0) is 21.8. The van der Waals surface area contributed by atoms with E-state index in [1.54, 1.807) is 29.3 Å². The minimum absolute atomic E-state index is 0.0268. The molecule has 1 unspecified atom stereocenters. The predicted octanol–water partition coefficient (Wildman–Crippen LogP) is 3.48. The Morgan fingerprint density at radius 1 is 1.29 bits per heavy atom. The van der Waals surface area contributed by atoms with Gasteiger partial charge in [-0.2, -0.15) is 4.31 Å². The van der Waals surface area contributed by atoms with Gasteiger partial charge in [0, 0.05) is 18.0 Å². The fourth-order valence-corrected chi connectivity index (χ4v) is 6.49. The minimum Gasteiger partial charge on any atom is -0.407 e. The van der Waals surface area contributed by atoms with Crippen LogP contribution < -0.4 is 5.32 Å². The largest absolute Gasteiger partial charge is 0.407 e. The summed E-state index contributed by atoms with van der Waals surface area (Å²) in [5.41, 5.74) is 1.03. The van der Waals surface area contributed by atoms with Crippen molar-refractivity contribution in [3.8, 4) is 0 Å². The summed E-state index contributed by atoms with van der Waals surface area (Å²) in [6, 6.07) is 11.4. The Labute approximate surface area is 189 Å². The summed E-state index contributed by atoms with van der Waals surface area (Å²) in [5, 5.41) is 12.3. The summed E-state index contributed by atoms with van der Waals surface area (Å²) in [7, 11) is -3.57. The second-order valence-electron chi connectivity index (χ2n) is 7.15. The lowest BCUT2D eigenvalue weighted by atomic mass is 9.99. The second-order valence-corrected chi connectivity index (χ2v) is 11.1. The molecular formula is C20H22N4O4S3. The Hall–Kier alpha value is -2.21. The van der Waals surface area contributed by atoms with Crippen LogP contribution in [0.2, 0.25) is 0 Å². The number of hydrogen-bond donors (Lipinski definition) is 1. The quantitative estimate of drug-likeness (QED) is 0.518. The number of amides is 1. The smallest absolute Gasteiger partial charge is 0.322 e. The first-order valence-electron chi connectivity index (χ1n) is 9.75. The lowest BCUT2D eigenvalue weighted by Gasteiger charge is -2.30. The molecule has 0 radical (unpaired) electrons. The molecule has 11 heteroatoms. The van der Waals surface area contributed by atoms with Crippen molar-refractivity contribution in [2.75, 3.05) is 24.7 Å². The van der Waals surface area contributed by atoms with E-state index in [9.17, 15) is 13.2 Å². The zero-order valence-electron chi connectivity index (χ0n) is 16.9. The van der Waals surface area contributed by atoms with Crippen LogP contribution in [0, 0.1) is 5.92 Å². The maximum Gasteiger partial charge on any atom is 0.322 e. The van der Waals surface area contributed by atoms with Gasteiger partial charge in [-0.3, -0.25) is 10.1 Å². The molecule has 1 atom stereocenters. The van der Waals surface area contributed by atoms with Gasteiger partial charge in [-0.15, -0.1) is 28.2 Å². The molecule has 1 aliphatic rings. The van der Waals surface area contributed by atoms with Crippen LogP contribution in [-0.2, 0) is 21.2 Å². The van der Waals surface area contributed by atoms with Gasteiger partial charge >= 0.3 is 6.01 Å². The van der Waals surface area contributed by atoms with E-state index in [-0.39, 0.29) is 18.5 Å². The number of thioether (sulfide) groups is 1. The number of anilines is 1. The van der Waals surface area contributed by atoms with Gasteiger partial charge in [0.2, 0.25) is 11.8 Å². The first-order chi connectivity index (χ1) is 15.0. The summed E-state index contributed by atoms with van der Waals surface area (Å²) in [5.74, 6) is -0.388. The van der Waals surface area contributed by atoms with E-state index in [0.29, 0.717) is 35.9 Å². The van der Waals surface area contributed by atoms with Crippen molar-refractivity contribution >= 4 is 45.0 Å². The molecule has 164 valence electrons. The highest BCUT2D eigenvalue weighted by Gasteiger charge is 2.34. The van der Waals surface area contributed by atoms with Crippen molar-refractivity contribution in [3.05, 3.63) is 53.2 Å². The van der Waals surface area contributed by atoms with Crippen molar-refractivity contribution in [1.29, 1.82) is 0 Å².